The molecule has 0 aliphatic rings. The lowest BCUT2D eigenvalue weighted by molar-refractivity contribution is 0.0648. The summed E-state index contributed by atoms with van der Waals surface area (Å²) in [5, 5.41) is 28.0. The smallest absolute Gasteiger partial charge is 0.340 e. The van der Waals surface area contributed by atoms with E-state index in [-0.39, 0.29) is 22.4 Å². The van der Waals surface area contributed by atoms with Crippen molar-refractivity contribution in [3.63, 3.8) is 0 Å². The molecule has 3 N–H and O–H groups in total. The van der Waals surface area contributed by atoms with Gasteiger partial charge in [0.15, 0.2) is 11.5 Å². The van der Waals surface area contributed by atoms with E-state index in [1.54, 1.807) is 18.2 Å². The number of hydrogen-bond acceptors (Lipinski definition) is 5. The minimum Gasteiger partial charge on any atom is -0.478 e. The molecule has 0 aliphatic carbocycles. The van der Waals surface area contributed by atoms with E-state index in [0.717, 1.165) is 6.07 Å². The first-order valence-electron chi connectivity index (χ1n) is 8.54. The maximum Gasteiger partial charge on any atom is 0.340 e. The summed E-state index contributed by atoms with van der Waals surface area (Å²) in [6, 6.07) is 15.3. The maximum absolute atomic E-state index is 13.0. The van der Waals surface area contributed by atoms with Gasteiger partial charge in [-0.25, -0.2) is 14.4 Å². The van der Waals surface area contributed by atoms with E-state index in [2.05, 4.69) is 0 Å². The van der Waals surface area contributed by atoms with Crippen molar-refractivity contribution < 1.29 is 39.2 Å². The quantitative estimate of drug-likeness (QED) is 0.504. The summed E-state index contributed by atoms with van der Waals surface area (Å²) in [6.45, 7) is 0. The van der Waals surface area contributed by atoms with Gasteiger partial charge >= 0.3 is 17.9 Å². The minimum atomic E-state index is -1.59. The number of hydrogen-bond donors (Lipinski definition) is 3. The molecule has 0 aliphatic heterocycles. The number of benzene rings is 3. The van der Waals surface area contributed by atoms with Gasteiger partial charge in [-0.15, -0.1) is 0 Å². The van der Waals surface area contributed by atoms with Crippen LogP contribution in [0.1, 0.15) is 47.0 Å². The monoisotopic (exact) mass is 406 g/mol. The van der Waals surface area contributed by atoms with Gasteiger partial charge in [0.05, 0.1) is 16.7 Å². The summed E-state index contributed by atoms with van der Waals surface area (Å²) in [7, 11) is 0. The van der Waals surface area contributed by atoms with Gasteiger partial charge in [0.25, 0.3) is 0 Å². The van der Waals surface area contributed by atoms with Gasteiger partial charge < -0.3 is 20.1 Å². The van der Waals surface area contributed by atoms with Crippen LogP contribution in [0.15, 0.2) is 66.7 Å². The molecule has 3 rings (SSSR count). The third-order valence-corrected chi connectivity index (χ3v) is 4.20. The summed E-state index contributed by atoms with van der Waals surface area (Å²) >= 11 is 0. The van der Waals surface area contributed by atoms with E-state index in [9.17, 15) is 29.4 Å². The van der Waals surface area contributed by atoms with Crippen LogP contribution in [0, 0.1) is 0 Å². The molecule has 0 aromatic heterocycles. The van der Waals surface area contributed by atoms with Gasteiger partial charge in [-0.1, -0.05) is 30.3 Å². The Morgan fingerprint density at radius 2 is 1.20 bits per heavy atom. The van der Waals surface area contributed by atoms with Crippen molar-refractivity contribution in [2.75, 3.05) is 0 Å². The highest BCUT2D eigenvalue weighted by atomic mass is 16.5. The Bertz CT molecular complexity index is 1150. The highest BCUT2D eigenvalue weighted by molar-refractivity contribution is 6.14. The van der Waals surface area contributed by atoms with Gasteiger partial charge in [-0.3, -0.25) is 4.79 Å². The Morgan fingerprint density at radius 1 is 0.600 bits per heavy atom. The number of carboxylic acids is 3. The van der Waals surface area contributed by atoms with E-state index >= 15 is 0 Å². The highest BCUT2D eigenvalue weighted by Crippen LogP contribution is 2.34. The van der Waals surface area contributed by atoms with Crippen molar-refractivity contribution in [3.05, 3.63) is 94.5 Å². The first-order chi connectivity index (χ1) is 14.3. The lowest BCUT2D eigenvalue weighted by Gasteiger charge is -2.15. The fourth-order valence-corrected chi connectivity index (χ4v) is 2.79. The molecule has 3 aromatic carbocycles. The first-order valence-corrected chi connectivity index (χ1v) is 8.54. The molecule has 150 valence electrons. The van der Waals surface area contributed by atoms with E-state index in [1.807, 2.05) is 0 Å². The van der Waals surface area contributed by atoms with Gasteiger partial charge in [-0.05, 0) is 36.4 Å². The average Bonchev–Trinajstić information content (AvgIpc) is 2.73. The Kier molecular flexibility index (Phi) is 5.59. The second-order valence-electron chi connectivity index (χ2n) is 6.10. The zero-order valence-corrected chi connectivity index (χ0v) is 15.2. The normalized spacial score (nSPS) is 10.3. The summed E-state index contributed by atoms with van der Waals surface area (Å²) in [6.07, 6.45) is 0. The van der Waals surface area contributed by atoms with Crippen LogP contribution in [0.5, 0.6) is 11.5 Å². The fourth-order valence-electron chi connectivity index (χ4n) is 2.79. The molecule has 0 atom stereocenters. The summed E-state index contributed by atoms with van der Waals surface area (Å²) in [4.78, 5) is 47.4. The Morgan fingerprint density at radius 3 is 1.73 bits per heavy atom. The molecule has 8 nitrogen and oxygen atoms in total. The van der Waals surface area contributed by atoms with E-state index in [0.29, 0.717) is 0 Å². The Hall–Kier alpha value is -4.46. The average molecular weight is 406 g/mol. The van der Waals surface area contributed by atoms with Crippen LogP contribution in [0.25, 0.3) is 0 Å². The minimum absolute atomic E-state index is 0.0271. The molecular weight excluding hydrogens is 392 g/mol. The number of ether oxygens (including phenoxy) is 1. The number of carbonyl (C=O) groups is 4. The predicted octanol–water partition coefficient (Wildman–Crippen LogP) is 3.80. The zero-order valence-electron chi connectivity index (χ0n) is 15.2. The number of carbonyl (C=O) groups excluding carboxylic acids is 1. The molecule has 0 unspecified atom stereocenters. The van der Waals surface area contributed by atoms with Gasteiger partial charge in [0.1, 0.15) is 11.3 Å². The SMILES string of the molecule is O=C(O)c1ccc(Oc2c(C(=O)c3ccccc3)ccc(C(=O)O)c2C(=O)O)cc1. The fraction of sp³-hybridized carbons (Fsp3) is 0. The van der Waals surface area contributed by atoms with Crippen LogP contribution in [0.2, 0.25) is 0 Å². The molecule has 30 heavy (non-hydrogen) atoms. The topological polar surface area (TPSA) is 138 Å². The van der Waals surface area contributed by atoms with E-state index < -0.39 is 40.6 Å². The molecule has 0 amide bonds. The van der Waals surface area contributed by atoms with Crippen LogP contribution in [0.4, 0.5) is 0 Å². The van der Waals surface area contributed by atoms with Crippen molar-refractivity contribution in [1.82, 2.24) is 0 Å². The highest BCUT2D eigenvalue weighted by Gasteiger charge is 2.28. The molecule has 3 aromatic rings. The number of aromatic carboxylic acids is 3. The molecule has 0 spiro atoms. The van der Waals surface area contributed by atoms with Crippen LogP contribution < -0.4 is 4.74 Å². The van der Waals surface area contributed by atoms with Crippen molar-refractivity contribution in [3.8, 4) is 11.5 Å². The predicted molar refractivity (Wildman–Crippen MR) is 104 cm³/mol. The van der Waals surface area contributed by atoms with E-state index in [1.165, 1.54) is 42.5 Å². The lowest BCUT2D eigenvalue weighted by atomic mass is 9.96. The number of rotatable bonds is 7. The first kappa shape index (κ1) is 20.3. The zero-order chi connectivity index (χ0) is 21.8. The van der Waals surface area contributed by atoms with Gasteiger partial charge in [-0.2, -0.15) is 0 Å². The van der Waals surface area contributed by atoms with Gasteiger partial charge in [0.2, 0.25) is 0 Å². The van der Waals surface area contributed by atoms with E-state index in [4.69, 9.17) is 9.84 Å². The molecule has 0 fully saturated rings. The van der Waals surface area contributed by atoms with Gasteiger partial charge in [0, 0.05) is 5.56 Å². The van der Waals surface area contributed by atoms with Crippen molar-refractivity contribution in [2.45, 2.75) is 0 Å². The standard InChI is InChI=1S/C22H14O8/c23-18(12-4-2-1-3-5-12)16-11-10-15(21(26)27)17(22(28)29)19(16)30-14-8-6-13(7-9-14)20(24)25/h1-11H,(H,24,25)(H,26,27)(H,28,29). The summed E-state index contributed by atoms with van der Waals surface area (Å²) < 4.78 is 5.61. The lowest BCUT2D eigenvalue weighted by Crippen LogP contribution is -2.14. The van der Waals surface area contributed by atoms with Crippen molar-refractivity contribution in [2.24, 2.45) is 0 Å². The molecule has 8 heteroatoms. The molecule has 0 saturated carbocycles. The molecule has 0 saturated heterocycles. The summed E-state index contributed by atoms with van der Waals surface area (Å²) in [5.41, 5.74) is -1.16. The Balaban J connectivity index is 2.19. The molecular formula is C22H14O8. The number of ketones is 1. The van der Waals surface area contributed by atoms with Crippen LogP contribution >= 0.6 is 0 Å². The van der Waals surface area contributed by atoms with Crippen molar-refractivity contribution in [1.29, 1.82) is 0 Å². The maximum atomic E-state index is 13.0. The van der Waals surface area contributed by atoms with Crippen LogP contribution in [0.3, 0.4) is 0 Å². The molecule has 0 bridgehead atoms. The third kappa shape index (κ3) is 4.02. The number of carboxylic acid groups (broad SMARTS) is 3. The summed E-state index contributed by atoms with van der Waals surface area (Å²) in [5.74, 6) is -5.23. The Labute approximate surface area is 169 Å². The third-order valence-electron chi connectivity index (χ3n) is 4.20. The van der Waals surface area contributed by atoms with Crippen LogP contribution in [-0.2, 0) is 0 Å². The second-order valence-corrected chi connectivity index (χ2v) is 6.10. The van der Waals surface area contributed by atoms with Crippen molar-refractivity contribution >= 4 is 23.7 Å². The second kappa shape index (κ2) is 8.27. The molecule has 0 radical (unpaired) electrons. The largest absolute Gasteiger partial charge is 0.478 e. The van der Waals surface area contributed by atoms with Crippen LogP contribution in [-0.4, -0.2) is 39.0 Å². The molecule has 0 heterocycles.